The van der Waals surface area contributed by atoms with Crippen LogP contribution in [0.15, 0.2) is 24.3 Å². The molecule has 94 valence electrons. The summed E-state index contributed by atoms with van der Waals surface area (Å²) in [5.41, 5.74) is 6.68. The zero-order valence-electron chi connectivity index (χ0n) is 9.56. The summed E-state index contributed by atoms with van der Waals surface area (Å²) in [6, 6.07) is 6.69. The maximum atomic E-state index is 12.5. The summed E-state index contributed by atoms with van der Waals surface area (Å²) in [5, 5.41) is 0. The van der Waals surface area contributed by atoms with Crippen LogP contribution in [0.3, 0.4) is 0 Å². The highest BCUT2D eigenvalue weighted by molar-refractivity contribution is 5.34. The van der Waals surface area contributed by atoms with Gasteiger partial charge in [0.05, 0.1) is 6.42 Å². The normalized spacial score (nSPS) is 19.5. The highest BCUT2D eigenvalue weighted by Gasteiger charge is 2.36. The second-order valence-electron chi connectivity index (χ2n) is 4.81. The maximum Gasteiger partial charge on any atom is 0.393 e. The standard InChI is InChI=1S/C13H16F3N/c14-13(15,16)9-10-5-1-2-6-11(10)12(17)7-3-4-8-12/h1-2,5-6H,3-4,7-9,17H2. The van der Waals surface area contributed by atoms with Crippen LogP contribution in [-0.4, -0.2) is 6.18 Å². The monoisotopic (exact) mass is 243 g/mol. The van der Waals surface area contributed by atoms with E-state index in [0.717, 1.165) is 25.7 Å². The number of rotatable bonds is 2. The van der Waals surface area contributed by atoms with E-state index in [1.807, 2.05) is 0 Å². The van der Waals surface area contributed by atoms with Crippen LogP contribution in [0.5, 0.6) is 0 Å². The van der Waals surface area contributed by atoms with E-state index in [4.69, 9.17) is 5.73 Å². The van der Waals surface area contributed by atoms with Crippen LogP contribution in [0.1, 0.15) is 36.8 Å². The Balaban J connectivity index is 2.33. The third-order valence-electron chi connectivity index (χ3n) is 3.44. The van der Waals surface area contributed by atoms with E-state index in [-0.39, 0.29) is 0 Å². The summed E-state index contributed by atoms with van der Waals surface area (Å²) in [6.45, 7) is 0. The van der Waals surface area contributed by atoms with Gasteiger partial charge in [-0.15, -0.1) is 0 Å². The molecule has 2 N–H and O–H groups in total. The predicted octanol–water partition coefficient (Wildman–Crippen LogP) is 3.52. The lowest BCUT2D eigenvalue weighted by Gasteiger charge is -2.27. The van der Waals surface area contributed by atoms with Gasteiger partial charge >= 0.3 is 6.18 Å². The number of hydrogen-bond donors (Lipinski definition) is 1. The fourth-order valence-electron chi connectivity index (χ4n) is 2.65. The largest absolute Gasteiger partial charge is 0.393 e. The van der Waals surface area contributed by atoms with Crippen LogP contribution >= 0.6 is 0 Å². The summed E-state index contributed by atoms with van der Waals surface area (Å²) in [6.07, 6.45) is -1.51. The minimum absolute atomic E-state index is 0.324. The topological polar surface area (TPSA) is 26.0 Å². The van der Waals surface area contributed by atoms with Crippen molar-refractivity contribution in [2.45, 2.75) is 43.8 Å². The molecular formula is C13H16F3N. The van der Waals surface area contributed by atoms with Gasteiger partial charge in [0, 0.05) is 5.54 Å². The van der Waals surface area contributed by atoms with Crippen molar-refractivity contribution in [1.29, 1.82) is 0 Å². The molecular weight excluding hydrogens is 227 g/mol. The first-order chi connectivity index (χ1) is 7.91. The third-order valence-corrected chi connectivity index (χ3v) is 3.44. The zero-order valence-corrected chi connectivity index (χ0v) is 9.56. The zero-order chi connectivity index (χ0) is 12.5. The molecule has 1 aliphatic rings. The first-order valence-corrected chi connectivity index (χ1v) is 5.85. The van der Waals surface area contributed by atoms with Crippen molar-refractivity contribution in [1.82, 2.24) is 0 Å². The molecule has 0 heterocycles. The highest BCUT2D eigenvalue weighted by atomic mass is 19.4. The molecule has 1 aromatic rings. The Morgan fingerprint density at radius 2 is 1.71 bits per heavy atom. The Bertz CT molecular complexity index is 392. The molecule has 1 nitrogen and oxygen atoms in total. The van der Waals surface area contributed by atoms with E-state index < -0.39 is 18.1 Å². The van der Waals surface area contributed by atoms with E-state index in [2.05, 4.69) is 0 Å². The molecule has 4 heteroatoms. The van der Waals surface area contributed by atoms with Crippen LogP contribution in [0.4, 0.5) is 13.2 Å². The molecule has 1 aliphatic carbocycles. The predicted molar refractivity (Wildman–Crippen MR) is 60.5 cm³/mol. The second kappa shape index (κ2) is 4.33. The fourth-order valence-corrected chi connectivity index (χ4v) is 2.65. The first kappa shape index (κ1) is 12.4. The molecule has 1 saturated carbocycles. The van der Waals surface area contributed by atoms with Crippen molar-refractivity contribution in [3.63, 3.8) is 0 Å². The molecule has 1 aromatic carbocycles. The van der Waals surface area contributed by atoms with Gasteiger partial charge in [-0.05, 0) is 24.0 Å². The lowest BCUT2D eigenvalue weighted by atomic mass is 9.85. The van der Waals surface area contributed by atoms with Gasteiger partial charge < -0.3 is 5.73 Å². The molecule has 0 radical (unpaired) electrons. The Morgan fingerprint density at radius 3 is 2.29 bits per heavy atom. The number of alkyl halides is 3. The smallest absolute Gasteiger partial charge is 0.321 e. The summed E-state index contributed by atoms with van der Waals surface area (Å²) < 4.78 is 37.5. The van der Waals surface area contributed by atoms with Crippen LogP contribution in [-0.2, 0) is 12.0 Å². The van der Waals surface area contributed by atoms with Crippen LogP contribution in [0, 0.1) is 0 Å². The van der Waals surface area contributed by atoms with Crippen LogP contribution in [0.2, 0.25) is 0 Å². The van der Waals surface area contributed by atoms with E-state index >= 15 is 0 Å². The Hall–Kier alpha value is -1.03. The number of halogens is 3. The molecule has 1 fully saturated rings. The van der Waals surface area contributed by atoms with Crippen molar-refractivity contribution >= 4 is 0 Å². The highest BCUT2D eigenvalue weighted by Crippen LogP contribution is 2.39. The van der Waals surface area contributed by atoms with Crippen molar-refractivity contribution in [2.75, 3.05) is 0 Å². The summed E-state index contributed by atoms with van der Waals surface area (Å²) >= 11 is 0. The van der Waals surface area contributed by atoms with Gasteiger partial charge in [0.2, 0.25) is 0 Å². The van der Waals surface area contributed by atoms with Gasteiger partial charge in [0.15, 0.2) is 0 Å². The van der Waals surface area contributed by atoms with E-state index in [9.17, 15) is 13.2 Å². The van der Waals surface area contributed by atoms with Gasteiger partial charge in [-0.2, -0.15) is 13.2 Å². The Labute approximate surface area is 98.8 Å². The SMILES string of the molecule is NC1(c2ccccc2CC(F)(F)F)CCCC1. The molecule has 0 aromatic heterocycles. The molecule has 0 aliphatic heterocycles. The Morgan fingerprint density at radius 1 is 1.12 bits per heavy atom. The van der Waals surface area contributed by atoms with Crippen molar-refractivity contribution < 1.29 is 13.2 Å². The lowest BCUT2D eigenvalue weighted by Crippen LogP contribution is -2.34. The minimum Gasteiger partial charge on any atom is -0.321 e. The van der Waals surface area contributed by atoms with Crippen LogP contribution in [0.25, 0.3) is 0 Å². The molecule has 2 rings (SSSR count). The first-order valence-electron chi connectivity index (χ1n) is 5.85. The quantitative estimate of drug-likeness (QED) is 0.845. The van der Waals surface area contributed by atoms with E-state index in [1.54, 1.807) is 18.2 Å². The van der Waals surface area contributed by atoms with Gasteiger partial charge in [-0.3, -0.25) is 0 Å². The maximum absolute atomic E-state index is 12.5. The molecule has 0 saturated heterocycles. The molecule has 0 spiro atoms. The van der Waals surface area contributed by atoms with Gasteiger partial charge in [-0.25, -0.2) is 0 Å². The van der Waals surface area contributed by atoms with Gasteiger partial charge in [0.1, 0.15) is 0 Å². The van der Waals surface area contributed by atoms with Crippen molar-refractivity contribution in [3.8, 4) is 0 Å². The van der Waals surface area contributed by atoms with Gasteiger partial charge in [0.25, 0.3) is 0 Å². The molecule has 0 unspecified atom stereocenters. The molecule has 0 bridgehead atoms. The number of benzene rings is 1. The molecule has 17 heavy (non-hydrogen) atoms. The lowest BCUT2D eigenvalue weighted by molar-refractivity contribution is -0.127. The van der Waals surface area contributed by atoms with Crippen molar-refractivity contribution in [3.05, 3.63) is 35.4 Å². The third kappa shape index (κ3) is 2.80. The molecule has 0 atom stereocenters. The average Bonchev–Trinajstić information content (AvgIpc) is 2.64. The van der Waals surface area contributed by atoms with E-state index in [1.165, 1.54) is 6.07 Å². The van der Waals surface area contributed by atoms with E-state index in [0.29, 0.717) is 11.1 Å². The summed E-state index contributed by atoms with van der Waals surface area (Å²) in [4.78, 5) is 0. The van der Waals surface area contributed by atoms with Gasteiger partial charge in [-0.1, -0.05) is 37.1 Å². The van der Waals surface area contributed by atoms with Crippen LogP contribution < -0.4 is 5.73 Å². The summed E-state index contributed by atoms with van der Waals surface area (Å²) in [5.74, 6) is 0. The Kier molecular flexibility index (Phi) is 3.17. The number of hydrogen-bond acceptors (Lipinski definition) is 1. The summed E-state index contributed by atoms with van der Waals surface area (Å²) in [7, 11) is 0. The minimum atomic E-state index is -4.18. The second-order valence-corrected chi connectivity index (χ2v) is 4.81. The van der Waals surface area contributed by atoms with Crippen molar-refractivity contribution in [2.24, 2.45) is 5.73 Å². The number of nitrogens with two attached hydrogens (primary N) is 1. The molecule has 0 amide bonds. The average molecular weight is 243 g/mol. The fraction of sp³-hybridized carbons (Fsp3) is 0.538.